The van der Waals surface area contributed by atoms with Crippen molar-refractivity contribution in [1.29, 1.82) is 0 Å². The first-order valence-corrected chi connectivity index (χ1v) is 7.32. The first-order chi connectivity index (χ1) is 9.09. The molecule has 0 saturated carbocycles. The van der Waals surface area contributed by atoms with E-state index in [1.807, 2.05) is 6.92 Å². The molecule has 19 heavy (non-hydrogen) atoms. The number of carboxylic acid groups (broad SMARTS) is 1. The standard InChI is InChI=1S/C14H24N2O3/c1-10-3-2-8-16(13(10)14(18)19)12(17)5-4-11-6-7-15-9-11/h10-11,13,15H,2-9H2,1H3,(H,18,19). The number of carbonyl (C=O) groups excluding carboxylic acids is 1. The first-order valence-electron chi connectivity index (χ1n) is 7.32. The predicted molar refractivity (Wildman–Crippen MR) is 71.7 cm³/mol. The lowest BCUT2D eigenvalue weighted by molar-refractivity contribution is -0.154. The molecule has 2 rings (SSSR count). The van der Waals surface area contributed by atoms with Crippen LogP contribution in [-0.4, -0.2) is 47.6 Å². The molecule has 0 spiro atoms. The van der Waals surface area contributed by atoms with Crippen molar-refractivity contribution in [3.05, 3.63) is 0 Å². The Morgan fingerprint density at radius 3 is 2.79 bits per heavy atom. The highest BCUT2D eigenvalue weighted by Crippen LogP contribution is 2.25. The summed E-state index contributed by atoms with van der Waals surface area (Å²) in [6.45, 7) is 4.56. The summed E-state index contributed by atoms with van der Waals surface area (Å²) in [5.41, 5.74) is 0. The predicted octanol–water partition coefficient (Wildman–Crippen LogP) is 1.09. The minimum Gasteiger partial charge on any atom is -0.480 e. The highest BCUT2D eigenvalue weighted by atomic mass is 16.4. The normalized spacial score (nSPS) is 31.4. The number of piperidine rings is 1. The molecule has 2 N–H and O–H groups in total. The second-order valence-electron chi connectivity index (χ2n) is 5.89. The van der Waals surface area contributed by atoms with Crippen LogP contribution in [0.5, 0.6) is 0 Å². The third-order valence-electron chi connectivity index (χ3n) is 4.44. The summed E-state index contributed by atoms with van der Waals surface area (Å²) in [4.78, 5) is 25.2. The average Bonchev–Trinajstić information content (AvgIpc) is 2.88. The SMILES string of the molecule is CC1CCCN(C(=O)CCC2CCNC2)C1C(=O)O. The van der Waals surface area contributed by atoms with Gasteiger partial charge in [-0.15, -0.1) is 0 Å². The van der Waals surface area contributed by atoms with Crippen LogP contribution in [0, 0.1) is 11.8 Å². The van der Waals surface area contributed by atoms with Crippen molar-refractivity contribution in [2.45, 2.75) is 45.1 Å². The number of aliphatic carboxylic acids is 1. The molecule has 2 heterocycles. The van der Waals surface area contributed by atoms with Crippen molar-refractivity contribution < 1.29 is 14.7 Å². The van der Waals surface area contributed by atoms with Crippen LogP contribution < -0.4 is 5.32 Å². The van der Waals surface area contributed by atoms with Gasteiger partial charge in [-0.25, -0.2) is 4.79 Å². The van der Waals surface area contributed by atoms with Gasteiger partial charge in [-0.1, -0.05) is 6.92 Å². The molecule has 1 amide bonds. The quantitative estimate of drug-likeness (QED) is 0.800. The van der Waals surface area contributed by atoms with Crippen molar-refractivity contribution in [2.75, 3.05) is 19.6 Å². The van der Waals surface area contributed by atoms with Gasteiger partial charge in [0, 0.05) is 13.0 Å². The van der Waals surface area contributed by atoms with E-state index in [-0.39, 0.29) is 11.8 Å². The third-order valence-corrected chi connectivity index (χ3v) is 4.44. The van der Waals surface area contributed by atoms with Gasteiger partial charge in [0.25, 0.3) is 0 Å². The molecule has 108 valence electrons. The van der Waals surface area contributed by atoms with Crippen molar-refractivity contribution in [1.82, 2.24) is 10.2 Å². The summed E-state index contributed by atoms with van der Waals surface area (Å²) >= 11 is 0. The van der Waals surface area contributed by atoms with Gasteiger partial charge in [0.15, 0.2) is 0 Å². The molecular formula is C14H24N2O3. The van der Waals surface area contributed by atoms with Gasteiger partial charge in [0.05, 0.1) is 0 Å². The zero-order valence-electron chi connectivity index (χ0n) is 11.6. The molecule has 0 aromatic carbocycles. The van der Waals surface area contributed by atoms with Gasteiger partial charge in [-0.3, -0.25) is 4.79 Å². The molecule has 5 heteroatoms. The van der Waals surface area contributed by atoms with Gasteiger partial charge < -0.3 is 15.3 Å². The molecule has 2 saturated heterocycles. The van der Waals surface area contributed by atoms with Gasteiger partial charge in [0.2, 0.25) is 5.91 Å². The second-order valence-corrected chi connectivity index (χ2v) is 5.89. The van der Waals surface area contributed by atoms with E-state index in [0.717, 1.165) is 38.8 Å². The number of hydrogen-bond acceptors (Lipinski definition) is 3. The number of likely N-dealkylation sites (tertiary alicyclic amines) is 1. The van der Waals surface area contributed by atoms with Crippen LogP contribution in [0.2, 0.25) is 0 Å². The summed E-state index contributed by atoms with van der Waals surface area (Å²) in [5, 5.41) is 12.6. The Hall–Kier alpha value is -1.10. The number of nitrogens with one attached hydrogen (secondary N) is 1. The molecule has 2 aliphatic rings. The highest BCUT2D eigenvalue weighted by molar-refractivity contribution is 5.84. The van der Waals surface area contributed by atoms with Gasteiger partial charge >= 0.3 is 5.97 Å². The highest BCUT2D eigenvalue weighted by Gasteiger charge is 2.36. The number of hydrogen-bond donors (Lipinski definition) is 2. The van der Waals surface area contributed by atoms with Crippen LogP contribution in [0.4, 0.5) is 0 Å². The topological polar surface area (TPSA) is 69.6 Å². The van der Waals surface area contributed by atoms with Gasteiger partial charge in [-0.05, 0) is 50.6 Å². The van der Waals surface area contributed by atoms with E-state index in [9.17, 15) is 14.7 Å². The first kappa shape index (κ1) is 14.3. The number of carbonyl (C=O) groups is 2. The lowest BCUT2D eigenvalue weighted by atomic mass is 9.90. The third kappa shape index (κ3) is 3.47. The van der Waals surface area contributed by atoms with Crippen LogP contribution >= 0.6 is 0 Å². The van der Waals surface area contributed by atoms with Crippen LogP contribution in [0.25, 0.3) is 0 Å². The van der Waals surface area contributed by atoms with E-state index in [4.69, 9.17) is 0 Å². The van der Waals surface area contributed by atoms with E-state index >= 15 is 0 Å². The fraction of sp³-hybridized carbons (Fsp3) is 0.857. The van der Waals surface area contributed by atoms with Crippen LogP contribution in [0.3, 0.4) is 0 Å². The summed E-state index contributed by atoms with van der Waals surface area (Å²) in [6, 6.07) is -0.622. The largest absolute Gasteiger partial charge is 0.480 e. The number of rotatable bonds is 4. The summed E-state index contributed by atoms with van der Waals surface area (Å²) in [5.74, 6) is -0.202. The summed E-state index contributed by atoms with van der Waals surface area (Å²) < 4.78 is 0. The van der Waals surface area contributed by atoms with E-state index in [1.54, 1.807) is 4.90 Å². The van der Waals surface area contributed by atoms with E-state index < -0.39 is 12.0 Å². The maximum atomic E-state index is 12.3. The van der Waals surface area contributed by atoms with E-state index in [1.165, 1.54) is 0 Å². The number of carboxylic acids is 1. The van der Waals surface area contributed by atoms with Crippen molar-refractivity contribution in [3.63, 3.8) is 0 Å². The Bertz CT molecular complexity index is 340. The van der Waals surface area contributed by atoms with Crippen molar-refractivity contribution >= 4 is 11.9 Å². The van der Waals surface area contributed by atoms with Crippen molar-refractivity contribution in [3.8, 4) is 0 Å². The molecule has 0 bridgehead atoms. The van der Waals surface area contributed by atoms with Gasteiger partial charge in [-0.2, -0.15) is 0 Å². The Labute approximate surface area is 114 Å². The fourth-order valence-electron chi connectivity index (χ4n) is 3.28. The molecule has 0 aromatic rings. The van der Waals surface area contributed by atoms with Crippen LogP contribution in [0.1, 0.15) is 39.0 Å². The average molecular weight is 268 g/mol. The Kier molecular flexibility index (Phi) is 4.80. The molecule has 3 unspecified atom stereocenters. The number of nitrogens with zero attached hydrogens (tertiary/aromatic N) is 1. The molecule has 2 aliphatic heterocycles. The molecule has 0 radical (unpaired) electrons. The van der Waals surface area contributed by atoms with Crippen LogP contribution in [-0.2, 0) is 9.59 Å². The molecule has 3 atom stereocenters. The summed E-state index contributed by atoms with van der Waals surface area (Å²) in [6.07, 6.45) is 4.31. The zero-order chi connectivity index (χ0) is 13.8. The second kappa shape index (κ2) is 6.37. The monoisotopic (exact) mass is 268 g/mol. The smallest absolute Gasteiger partial charge is 0.326 e. The van der Waals surface area contributed by atoms with E-state index in [2.05, 4.69) is 5.32 Å². The molecule has 0 aromatic heterocycles. The Morgan fingerprint density at radius 1 is 1.37 bits per heavy atom. The van der Waals surface area contributed by atoms with E-state index in [0.29, 0.717) is 18.9 Å². The molecule has 0 aliphatic carbocycles. The fourth-order valence-corrected chi connectivity index (χ4v) is 3.28. The molecule has 2 fully saturated rings. The van der Waals surface area contributed by atoms with Crippen molar-refractivity contribution in [2.24, 2.45) is 11.8 Å². The molecule has 5 nitrogen and oxygen atoms in total. The Balaban J connectivity index is 1.89. The lowest BCUT2D eigenvalue weighted by Gasteiger charge is -2.37. The van der Waals surface area contributed by atoms with Gasteiger partial charge in [0.1, 0.15) is 6.04 Å². The maximum absolute atomic E-state index is 12.3. The minimum absolute atomic E-state index is 0.0193. The Morgan fingerprint density at radius 2 is 2.16 bits per heavy atom. The zero-order valence-corrected chi connectivity index (χ0v) is 11.6. The summed E-state index contributed by atoms with van der Waals surface area (Å²) in [7, 11) is 0. The lowest BCUT2D eigenvalue weighted by Crippen LogP contribution is -2.51. The minimum atomic E-state index is -0.858. The maximum Gasteiger partial charge on any atom is 0.326 e. The van der Waals surface area contributed by atoms with Crippen LogP contribution in [0.15, 0.2) is 0 Å². The molecular weight excluding hydrogens is 244 g/mol. The number of amides is 1.